The van der Waals surface area contributed by atoms with Crippen LogP contribution in [0.3, 0.4) is 0 Å². The number of nitrogens with zero attached hydrogens (tertiary/aromatic N) is 2. The van der Waals surface area contributed by atoms with E-state index < -0.39 is 17.4 Å². The third-order valence-electron chi connectivity index (χ3n) is 2.87. The number of hydrogen-bond acceptors (Lipinski definition) is 3. The Balaban J connectivity index is 2.33. The molecule has 0 atom stereocenters. The van der Waals surface area contributed by atoms with E-state index in [1.165, 1.54) is 16.7 Å². The largest absolute Gasteiger partial charge is 0.292 e. The third-order valence-corrected chi connectivity index (χ3v) is 2.87. The van der Waals surface area contributed by atoms with E-state index in [0.717, 1.165) is 12.1 Å². The molecule has 0 aliphatic heterocycles. The highest BCUT2D eigenvalue weighted by Gasteiger charge is 2.13. The van der Waals surface area contributed by atoms with Crippen LogP contribution in [0.2, 0.25) is 0 Å². The highest BCUT2D eigenvalue weighted by molar-refractivity contribution is 5.95. The third kappa shape index (κ3) is 2.79. The lowest BCUT2D eigenvalue weighted by molar-refractivity contribution is 0.0969. The van der Waals surface area contributed by atoms with E-state index in [-0.39, 0.29) is 17.7 Å². The quantitative estimate of drug-likeness (QED) is 0.807. The summed E-state index contributed by atoms with van der Waals surface area (Å²) in [4.78, 5) is 27.9. The minimum Gasteiger partial charge on any atom is -0.292 e. The van der Waals surface area contributed by atoms with Gasteiger partial charge in [-0.15, -0.1) is 0 Å². The number of rotatable bonds is 3. The van der Waals surface area contributed by atoms with Crippen molar-refractivity contribution in [3.05, 3.63) is 63.3 Å². The standard InChI is InChI=1S/C14H12F2N2O2/c1-8-5-14(20)18(9(2)17-8)7-13(19)10-3-4-11(15)12(16)6-10/h3-6H,7H2,1-2H3. The average molecular weight is 278 g/mol. The number of aromatic nitrogens is 2. The number of carbonyl (C=O) groups is 1. The van der Waals surface area contributed by atoms with E-state index in [2.05, 4.69) is 4.98 Å². The van der Waals surface area contributed by atoms with E-state index in [0.29, 0.717) is 11.5 Å². The molecule has 0 aliphatic rings. The van der Waals surface area contributed by atoms with Crippen LogP contribution in [0.1, 0.15) is 21.9 Å². The van der Waals surface area contributed by atoms with Crippen LogP contribution in [0.15, 0.2) is 29.1 Å². The molecular weight excluding hydrogens is 266 g/mol. The highest BCUT2D eigenvalue weighted by atomic mass is 19.2. The first-order valence-electron chi connectivity index (χ1n) is 5.92. The van der Waals surface area contributed by atoms with E-state index in [4.69, 9.17) is 0 Å². The van der Waals surface area contributed by atoms with Gasteiger partial charge in [0.25, 0.3) is 5.56 Å². The van der Waals surface area contributed by atoms with Gasteiger partial charge in [-0.25, -0.2) is 13.8 Å². The van der Waals surface area contributed by atoms with Crippen molar-refractivity contribution in [2.24, 2.45) is 0 Å². The van der Waals surface area contributed by atoms with Crippen molar-refractivity contribution < 1.29 is 13.6 Å². The molecule has 0 saturated carbocycles. The zero-order valence-electron chi connectivity index (χ0n) is 11.0. The Morgan fingerprint density at radius 1 is 1.20 bits per heavy atom. The van der Waals surface area contributed by atoms with Crippen LogP contribution in [0.25, 0.3) is 0 Å². The monoisotopic (exact) mass is 278 g/mol. The first-order chi connectivity index (χ1) is 9.38. The Morgan fingerprint density at radius 3 is 2.50 bits per heavy atom. The SMILES string of the molecule is Cc1cc(=O)n(CC(=O)c2ccc(F)c(F)c2)c(C)n1. The topological polar surface area (TPSA) is 52.0 Å². The summed E-state index contributed by atoms with van der Waals surface area (Å²) in [5.41, 5.74) is 0.214. The molecule has 0 fully saturated rings. The molecule has 0 saturated heterocycles. The lowest BCUT2D eigenvalue weighted by Crippen LogP contribution is -2.27. The van der Waals surface area contributed by atoms with Crippen LogP contribution in [0.4, 0.5) is 8.78 Å². The van der Waals surface area contributed by atoms with Crippen molar-refractivity contribution in [3.8, 4) is 0 Å². The molecule has 1 aromatic heterocycles. The summed E-state index contributed by atoms with van der Waals surface area (Å²) in [7, 11) is 0. The molecule has 0 amide bonds. The summed E-state index contributed by atoms with van der Waals surface area (Å²) in [6.07, 6.45) is 0. The molecule has 4 nitrogen and oxygen atoms in total. The minimum absolute atomic E-state index is 0.00998. The number of carbonyl (C=O) groups excluding carboxylic acids is 1. The van der Waals surface area contributed by atoms with Crippen molar-refractivity contribution in [3.63, 3.8) is 0 Å². The van der Waals surface area contributed by atoms with Gasteiger partial charge in [0.2, 0.25) is 0 Å². The van der Waals surface area contributed by atoms with Gasteiger partial charge in [0.1, 0.15) is 5.82 Å². The van der Waals surface area contributed by atoms with Crippen molar-refractivity contribution in [1.82, 2.24) is 9.55 Å². The molecule has 0 aliphatic carbocycles. The van der Waals surface area contributed by atoms with Crippen LogP contribution in [-0.4, -0.2) is 15.3 Å². The molecule has 6 heteroatoms. The predicted molar refractivity (Wildman–Crippen MR) is 68.7 cm³/mol. The minimum atomic E-state index is -1.10. The van der Waals surface area contributed by atoms with Gasteiger partial charge in [-0.1, -0.05) is 0 Å². The summed E-state index contributed by atoms with van der Waals surface area (Å²) < 4.78 is 27.1. The first kappa shape index (κ1) is 14.0. The van der Waals surface area contributed by atoms with Crippen molar-refractivity contribution >= 4 is 5.78 Å². The number of halogens is 2. The highest BCUT2D eigenvalue weighted by Crippen LogP contribution is 2.10. The molecule has 0 spiro atoms. The van der Waals surface area contributed by atoms with Crippen LogP contribution in [-0.2, 0) is 6.54 Å². The van der Waals surface area contributed by atoms with Crippen LogP contribution >= 0.6 is 0 Å². The molecule has 0 unspecified atom stereocenters. The van der Waals surface area contributed by atoms with E-state index >= 15 is 0 Å². The van der Waals surface area contributed by atoms with E-state index in [9.17, 15) is 18.4 Å². The zero-order chi connectivity index (χ0) is 14.9. The van der Waals surface area contributed by atoms with Gasteiger partial charge < -0.3 is 0 Å². The Labute approximate surface area is 113 Å². The van der Waals surface area contributed by atoms with Crippen LogP contribution in [0, 0.1) is 25.5 Å². The van der Waals surface area contributed by atoms with Gasteiger partial charge >= 0.3 is 0 Å². The molecule has 1 aromatic carbocycles. The predicted octanol–water partition coefficient (Wildman–Crippen LogP) is 2.02. The second-order valence-electron chi connectivity index (χ2n) is 4.42. The van der Waals surface area contributed by atoms with Crippen molar-refractivity contribution in [2.45, 2.75) is 20.4 Å². The van der Waals surface area contributed by atoms with Gasteiger partial charge in [0.15, 0.2) is 17.4 Å². The van der Waals surface area contributed by atoms with Gasteiger partial charge in [0.05, 0.1) is 6.54 Å². The summed E-state index contributed by atoms with van der Waals surface area (Å²) in [6.45, 7) is 3.02. The van der Waals surface area contributed by atoms with Crippen molar-refractivity contribution in [1.29, 1.82) is 0 Å². The molecule has 1 heterocycles. The molecule has 20 heavy (non-hydrogen) atoms. The summed E-state index contributed by atoms with van der Waals surface area (Å²) in [6, 6.07) is 4.19. The Hall–Kier alpha value is -2.37. The van der Waals surface area contributed by atoms with Crippen molar-refractivity contribution in [2.75, 3.05) is 0 Å². The van der Waals surface area contributed by atoms with Gasteiger partial charge in [-0.3, -0.25) is 14.2 Å². The van der Waals surface area contributed by atoms with Crippen LogP contribution in [0.5, 0.6) is 0 Å². The number of Topliss-reactive ketones (excluding diaryl/α,β-unsaturated/α-hetero) is 1. The lowest BCUT2D eigenvalue weighted by atomic mass is 10.1. The fourth-order valence-corrected chi connectivity index (χ4v) is 1.86. The second kappa shape index (κ2) is 5.32. The Morgan fingerprint density at radius 2 is 1.90 bits per heavy atom. The maximum Gasteiger partial charge on any atom is 0.254 e. The molecule has 2 rings (SSSR count). The Kier molecular flexibility index (Phi) is 3.74. The number of benzene rings is 1. The zero-order valence-corrected chi connectivity index (χ0v) is 11.0. The Bertz CT molecular complexity index is 738. The van der Waals surface area contributed by atoms with Gasteiger partial charge in [-0.05, 0) is 32.0 Å². The van der Waals surface area contributed by atoms with Crippen LogP contribution < -0.4 is 5.56 Å². The lowest BCUT2D eigenvalue weighted by Gasteiger charge is -2.09. The normalized spacial score (nSPS) is 10.6. The molecule has 0 N–H and O–H groups in total. The fraction of sp³-hybridized carbons (Fsp3) is 0.214. The molecule has 2 aromatic rings. The number of ketones is 1. The molecule has 0 radical (unpaired) electrons. The van der Waals surface area contributed by atoms with E-state index in [1.54, 1.807) is 13.8 Å². The van der Waals surface area contributed by atoms with Gasteiger partial charge in [-0.2, -0.15) is 0 Å². The average Bonchev–Trinajstić information content (AvgIpc) is 2.36. The number of aryl methyl sites for hydroxylation is 2. The molecular formula is C14H12F2N2O2. The first-order valence-corrected chi connectivity index (χ1v) is 5.92. The van der Waals surface area contributed by atoms with Gasteiger partial charge in [0, 0.05) is 17.3 Å². The molecule has 0 bridgehead atoms. The second-order valence-corrected chi connectivity index (χ2v) is 4.42. The fourth-order valence-electron chi connectivity index (χ4n) is 1.86. The maximum atomic E-state index is 13.1. The maximum absolute atomic E-state index is 13.1. The summed E-state index contributed by atoms with van der Waals surface area (Å²) in [5.74, 6) is -2.21. The smallest absolute Gasteiger partial charge is 0.254 e. The molecule has 104 valence electrons. The number of hydrogen-bond donors (Lipinski definition) is 0. The summed E-state index contributed by atoms with van der Waals surface area (Å²) in [5, 5.41) is 0. The summed E-state index contributed by atoms with van der Waals surface area (Å²) >= 11 is 0. The van der Waals surface area contributed by atoms with E-state index in [1.807, 2.05) is 0 Å².